The number of nitrogens with one attached hydrogen (secondary N) is 1. The molecule has 0 aliphatic carbocycles. The number of esters is 1. The summed E-state index contributed by atoms with van der Waals surface area (Å²) in [4.78, 5) is 23.4. The van der Waals surface area contributed by atoms with E-state index >= 15 is 0 Å². The van der Waals surface area contributed by atoms with E-state index in [0.717, 1.165) is 4.31 Å². The third-order valence-corrected chi connectivity index (χ3v) is 5.26. The summed E-state index contributed by atoms with van der Waals surface area (Å²) < 4.78 is 40.5. The molecule has 1 aromatic heterocycles. The molecule has 0 spiro atoms. The van der Waals surface area contributed by atoms with E-state index in [1.807, 2.05) is 0 Å². The van der Waals surface area contributed by atoms with Gasteiger partial charge in [0.15, 0.2) is 6.61 Å². The van der Waals surface area contributed by atoms with Gasteiger partial charge in [-0.3, -0.25) is 4.79 Å². The second-order valence-corrected chi connectivity index (χ2v) is 7.71. The zero-order chi connectivity index (χ0) is 18.9. The zero-order valence-electron chi connectivity index (χ0n) is 14.0. The molecule has 1 aliphatic heterocycles. The zero-order valence-corrected chi connectivity index (χ0v) is 14.8. The average molecular weight is 380 g/mol. The van der Waals surface area contributed by atoms with E-state index < -0.39 is 16.0 Å². The molecule has 0 unspecified atom stereocenters. The van der Waals surface area contributed by atoms with Crippen LogP contribution in [0.5, 0.6) is 5.75 Å². The Morgan fingerprint density at radius 3 is 2.77 bits per heavy atom. The molecule has 3 rings (SSSR count). The lowest BCUT2D eigenvalue weighted by atomic mass is 10.1. The van der Waals surface area contributed by atoms with Crippen LogP contribution in [0.2, 0.25) is 0 Å². The van der Waals surface area contributed by atoms with Crippen molar-refractivity contribution in [3.05, 3.63) is 41.7 Å². The number of nitrogens with zero attached hydrogens (tertiary/aromatic N) is 1. The molecule has 0 saturated carbocycles. The van der Waals surface area contributed by atoms with Crippen molar-refractivity contribution in [1.29, 1.82) is 0 Å². The van der Waals surface area contributed by atoms with Gasteiger partial charge in [0.2, 0.25) is 5.09 Å². The van der Waals surface area contributed by atoms with E-state index in [4.69, 9.17) is 13.9 Å². The maximum atomic E-state index is 12.1. The van der Waals surface area contributed by atoms with E-state index in [1.165, 1.54) is 44.4 Å². The summed E-state index contributed by atoms with van der Waals surface area (Å²) in [6.45, 7) is -0.350. The minimum Gasteiger partial charge on any atom is -0.482 e. The van der Waals surface area contributed by atoms with E-state index in [0.29, 0.717) is 11.4 Å². The van der Waals surface area contributed by atoms with Gasteiger partial charge >= 0.3 is 5.97 Å². The molecule has 10 heteroatoms. The molecule has 2 heterocycles. The molecule has 9 nitrogen and oxygen atoms in total. The number of rotatable bonds is 5. The van der Waals surface area contributed by atoms with Crippen molar-refractivity contribution in [2.45, 2.75) is 11.7 Å². The van der Waals surface area contributed by atoms with Crippen LogP contribution >= 0.6 is 0 Å². The van der Waals surface area contributed by atoms with E-state index in [1.54, 1.807) is 0 Å². The summed E-state index contributed by atoms with van der Waals surface area (Å²) in [5, 5.41) is 2.39. The number of ether oxygens (including phenoxy) is 2. The largest absolute Gasteiger partial charge is 0.482 e. The van der Waals surface area contributed by atoms with Gasteiger partial charge in [-0.1, -0.05) is 0 Å². The Labute approximate surface area is 149 Å². The van der Waals surface area contributed by atoms with Crippen molar-refractivity contribution in [2.75, 3.05) is 26.0 Å². The smallest absolute Gasteiger partial charge is 0.338 e. The lowest BCUT2D eigenvalue weighted by Crippen LogP contribution is -2.25. The Balaban J connectivity index is 1.67. The van der Waals surface area contributed by atoms with Crippen LogP contribution in [0.1, 0.15) is 16.1 Å². The number of hydrogen-bond acceptors (Lipinski definition) is 7. The van der Waals surface area contributed by atoms with Crippen molar-refractivity contribution in [2.24, 2.45) is 0 Å². The molecule has 1 aliphatic rings. The molecule has 1 aromatic carbocycles. The highest BCUT2D eigenvalue weighted by Crippen LogP contribution is 2.29. The average Bonchev–Trinajstić information content (AvgIpc) is 3.08. The maximum absolute atomic E-state index is 12.1. The molecular weight excluding hydrogens is 364 g/mol. The van der Waals surface area contributed by atoms with Gasteiger partial charge in [0.25, 0.3) is 15.9 Å². The van der Waals surface area contributed by atoms with Crippen LogP contribution in [0.25, 0.3) is 0 Å². The first-order chi connectivity index (χ1) is 12.3. The SMILES string of the molecule is CN(C)S(=O)(=O)c1ccc(COC(=O)c2ccc3c(c2)OCC(=O)N3)o1. The van der Waals surface area contributed by atoms with Crippen molar-refractivity contribution in [1.82, 2.24) is 4.31 Å². The van der Waals surface area contributed by atoms with Gasteiger partial charge in [-0.15, -0.1) is 0 Å². The van der Waals surface area contributed by atoms with E-state index in [9.17, 15) is 18.0 Å². The molecule has 0 fully saturated rings. The van der Waals surface area contributed by atoms with Crippen LogP contribution in [0, 0.1) is 0 Å². The van der Waals surface area contributed by atoms with Crippen LogP contribution < -0.4 is 10.1 Å². The van der Waals surface area contributed by atoms with Crippen LogP contribution in [-0.2, 0) is 26.2 Å². The summed E-state index contributed by atoms with van der Waals surface area (Å²) in [7, 11) is -0.912. The topological polar surface area (TPSA) is 115 Å². The monoisotopic (exact) mass is 380 g/mol. The molecule has 2 aromatic rings. The Hall–Kier alpha value is -2.85. The fourth-order valence-electron chi connectivity index (χ4n) is 2.18. The van der Waals surface area contributed by atoms with E-state index in [-0.39, 0.29) is 35.5 Å². The maximum Gasteiger partial charge on any atom is 0.338 e. The summed E-state index contributed by atoms with van der Waals surface area (Å²) in [6.07, 6.45) is 0. The molecule has 138 valence electrons. The Morgan fingerprint density at radius 2 is 2.04 bits per heavy atom. The van der Waals surface area contributed by atoms with Gasteiger partial charge in [-0.25, -0.2) is 17.5 Å². The number of amides is 1. The number of carbonyl (C=O) groups is 2. The third-order valence-electron chi connectivity index (χ3n) is 3.57. The van der Waals surface area contributed by atoms with Crippen molar-refractivity contribution >= 4 is 27.6 Å². The fourth-order valence-corrected chi connectivity index (χ4v) is 2.99. The molecule has 26 heavy (non-hydrogen) atoms. The number of sulfonamides is 1. The summed E-state index contributed by atoms with van der Waals surface area (Å²) in [5.41, 5.74) is 0.704. The predicted molar refractivity (Wildman–Crippen MR) is 89.3 cm³/mol. The number of benzene rings is 1. The van der Waals surface area contributed by atoms with Crippen LogP contribution in [0.15, 0.2) is 39.8 Å². The third kappa shape index (κ3) is 3.55. The molecule has 0 radical (unpaired) electrons. The highest BCUT2D eigenvalue weighted by molar-refractivity contribution is 7.88. The highest BCUT2D eigenvalue weighted by atomic mass is 32.2. The van der Waals surface area contributed by atoms with E-state index in [2.05, 4.69) is 5.32 Å². The first-order valence-corrected chi connectivity index (χ1v) is 8.96. The van der Waals surface area contributed by atoms with Gasteiger partial charge in [0.05, 0.1) is 11.3 Å². The molecule has 1 N–H and O–H groups in total. The summed E-state index contributed by atoms with van der Waals surface area (Å²) in [5.74, 6) is -0.340. The minimum absolute atomic E-state index is 0.124. The second-order valence-electron chi connectivity index (χ2n) is 5.63. The normalized spacial score (nSPS) is 13.7. The van der Waals surface area contributed by atoms with Gasteiger partial charge in [0.1, 0.15) is 18.1 Å². The first-order valence-electron chi connectivity index (χ1n) is 7.52. The minimum atomic E-state index is -3.69. The summed E-state index contributed by atoms with van der Waals surface area (Å²) >= 11 is 0. The standard InChI is InChI=1S/C16H16N2O7S/c1-18(2)26(21,22)15-6-4-11(25-15)8-24-16(20)10-3-5-12-13(7-10)23-9-14(19)17-12/h3-7H,8-9H2,1-2H3,(H,17,19). The Bertz CT molecular complexity index is 963. The Kier molecular flexibility index (Phi) is 4.70. The van der Waals surface area contributed by atoms with Gasteiger partial charge in [0, 0.05) is 14.1 Å². The molecule has 1 amide bonds. The van der Waals surface area contributed by atoms with Crippen LogP contribution in [-0.4, -0.2) is 45.3 Å². The first kappa shape index (κ1) is 18.0. The number of anilines is 1. The second kappa shape index (κ2) is 6.81. The number of carbonyl (C=O) groups excluding carboxylic acids is 2. The molecule has 0 bridgehead atoms. The van der Waals surface area contributed by atoms with Crippen LogP contribution in [0.4, 0.5) is 5.69 Å². The number of furan rings is 1. The highest BCUT2D eigenvalue weighted by Gasteiger charge is 2.22. The van der Waals surface area contributed by atoms with Crippen molar-refractivity contribution < 1.29 is 31.9 Å². The number of hydrogen-bond donors (Lipinski definition) is 1. The van der Waals surface area contributed by atoms with Gasteiger partial charge in [-0.05, 0) is 30.3 Å². The van der Waals surface area contributed by atoms with Gasteiger partial charge < -0.3 is 19.2 Å². The quantitative estimate of drug-likeness (QED) is 0.776. The molecular formula is C16H16N2O7S. The fraction of sp³-hybridized carbons (Fsp3) is 0.250. The summed E-state index contributed by atoms with van der Waals surface area (Å²) in [6, 6.07) is 7.21. The molecule has 0 atom stereocenters. The predicted octanol–water partition coefficient (Wildman–Crippen LogP) is 1.22. The van der Waals surface area contributed by atoms with Crippen molar-refractivity contribution in [3.63, 3.8) is 0 Å². The lowest BCUT2D eigenvalue weighted by molar-refractivity contribution is -0.118. The number of fused-ring (bicyclic) bond motifs is 1. The molecule has 0 saturated heterocycles. The van der Waals surface area contributed by atoms with Crippen LogP contribution in [0.3, 0.4) is 0 Å². The van der Waals surface area contributed by atoms with Crippen molar-refractivity contribution in [3.8, 4) is 5.75 Å². The Morgan fingerprint density at radius 1 is 1.27 bits per heavy atom. The van der Waals surface area contributed by atoms with Gasteiger partial charge in [-0.2, -0.15) is 0 Å². The lowest BCUT2D eigenvalue weighted by Gasteiger charge is -2.18.